The van der Waals surface area contributed by atoms with Gasteiger partial charge in [0, 0.05) is 5.69 Å². The van der Waals surface area contributed by atoms with Gasteiger partial charge >= 0.3 is 0 Å². The van der Waals surface area contributed by atoms with Crippen LogP contribution in [-0.2, 0) is 0 Å². The molecule has 0 unspecified atom stereocenters. The lowest BCUT2D eigenvalue weighted by Gasteiger charge is -2.15. The maximum atomic E-state index is 9.18. The number of nitrogens with zero attached hydrogens (tertiary/aromatic N) is 2. The number of anilines is 1. The van der Waals surface area contributed by atoms with Crippen molar-refractivity contribution >= 4 is 5.82 Å². The van der Waals surface area contributed by atoms with Crippen LogP contribution in [0.2, 0.25) is 0 Å². The second-order valence-electron chi connectivity index (χ2n) is 4.66. The number of nitriles is 1. The van der Waals surface area contributed by atoms with Crippen molar-refractivity contribution in [2.45, 2.75) is 27.7 Å². The molecule has 92 valence electrons. The molecular weight excluding hydrogens is 222 g/mol. The molecule has 0 amide bonds. The summed E-state index contributed by atoms with van der Waals surface area (Å²) in [6.07, 6.45) is 0. The number of hydrogen-bond donors (Lipinski definition) is 1. The average Bonchev–Trinajstić information content (AvgIpc) is 2.53. The van der Waals surface area contributed by atoms with E-state index in [2.05, 4.69) is 32.0 Å². The van der Waals surface area contributed by atoms with Crippen molar-refractivity contribution < 1.29 is 0 Å². The molecule has 3 nitrogen and oxygen atoms in total. The van der Waals surface area contributed by atoms with Crippen LogP contribution >= 0.6 is 0 Å². The molecule has 1 heterocycles. The van der Waals surface area contributed by atoms with Crippen LogP contribution in [0.4, 0.5) is 5.82 Å². The van der Waals surface area contributed by atoms with Crippen LogP contribution in [0.15, 0.2) is 18.2 Å². The molecule has 0 saturated carbocycles. The molecule has 0 radical (unpaired) electrons. The molecule has 0 fully saturated rings. The number of benzene rings is 1. The fourth-order valence-electron chi connectivity index (χ4n) is 2.42. The molecule has 3 heteroatoms. The second kappa shape index (κ2) is 4.23. The van der Waals surface area contributed by atoms with Gasteiger partial charge in [-0.1, -0.05) is 18.2 Å². The highest BCUT2D eigenvalue weighted by atomic mass is 15.1. The average molecular weight is 239 g/mol. The van der Waals surface area contributed by atoms with E-state index in [0.717, 1.165) is 28.1 Å². The van der Waals surface area contributed by atoms with E-state index in [9.17, 15) is 5.26 Å². The lowest BCUT2D eigenvalue weighted by molar-refractivity contribution is 0.990. The highest BCUT2D eigenvalue weighted by Crippen LogP contribution is 2.30. The molecule has 0 aliphatic heterocycles. The summed E-state index contributed by atoms with van der Waals surface area (Å²) >= 11 is 0. The van der Waals surface area contributed by atoms with Gasteiger partial charge in [-0.2, -0.15) is 5.26 Å². The van der Waals surface area contributed by atoms with Crippen LogP contribution in [0.3, 0.4) is 0 Å². The smallest absolute Gasteiger partial charge is 0.126 e. The minimum absolute atomic E-state index is 0.532. The quantitative estimate of drug-likeness (QED) is 0.831. The molecule has 2 rings (SSSR count). The first kappa shape index (κ1) is 12.3. The summed E-state index contributed by atoms with van der Waals surface area (Å²) in [5.74, 6) is 0.532. The summed E-state index contributed by atoms with van der Waals surface area (Å²) < 4.78 is 1.98. The third kappa shape index (κ3) is 1.58. The monoisotopic (exact) mass is 239 g/mol. The number of nitrogen functional groups attached to an aromatic ring is 1. The standard InChI is InChI=1S/C15H17N3/c1-9-6-5-7-10(2)14(9)18-12(4)11(3)13(8-16)15(18)17/h5-7H,17H2,1-4H3. The Labute approximate surface area is 107 Å². The molecule has 2 aromatic rings. The predicted molar refractivity (Wildman–Crippen MR) is 73.8 cm³/mol. The molecule has 0 atom stereocenters. The van der Waals surface area contributed by atoms with Crippen LogP contribution in [0.1, 0.15) is 27.9 Å². The molecule has 0 bridgehead atoms. The number of para-hydroxylation sites is 1. The number of aromatic nitrogens is 1. The molecule has 18 heavy (non-hydrogen) atoms. The molecule has 0 saturated heterocycles. The maximum Gasteiger partial charge on any atom is 0.126 e. The molecule has 1 aromatic heterocycles. The highest BCUT2D eigenvalue weighted by molar-refractivity contribution is 5.64. The van der Waals surface area contributed by atoms with Crippen molar-refractivity contribution in [3.63, 3.8) is 0 Å². The zero-order valence-electron chi connectivity index (χ0n) is 11.2. The van der Waals surface area contributed by atoms with Crippen molar-refractivity contribution in [1.29, 1.82) is 5.26 Å². The largest absolute Gasteiger partial charge is 0.384 e. The summed E-state index contributed by atoms with van der Waals surface area (Å²) in [5.41, 5.74) is 12.1. The minimum atomic E-state index is 0.532. The molecule has 0 aliphatic rings. The van der Waals surface area contributed by atoms with E-state index in [4.69, 9.17) is 5.73 Å². The topological polar surface area (TPSA) is 54.7 Å². The van der Waals surface area contributed by atoms with Crippen molar-refractivity contribution in [3.05, 3.63) is 46.1 Å². The first-order chi connectivity index (χ1) is 8.49. The Kier molecular flexibility index (Phi) is 2.88. The van der Waals surface area contributed by atoms with E-state index in [1.54, 1.807) is 0 Å². The highest BCUT2D eigenvalue weighted by Gasteiger charge is 2.18. The fraction of sp³-hybridized carbons (Fsp3) is 0.267. The van der Waals surface area contributed by atoms with Crippen molar-refractivity contribution in [2.24, 2.45) is 0 Å². The summed E-state index contributed by atoms with van der Waals surface area (Å²) in [6, 6.07) is 8.33. The van der Waals surface area contributed by atoms with E-state index in [0.29, 0.717) is 11.4 Å². The first-order valence-electron chi connectivity index (χ1n) is 5.93. The Balaban J connectivity index is 2.86. The Morgan fingerprint density at radius 3 is 2.11 bits per heavy atom. The maximum absolute atomic E-state index is 9.18. The summed E-state index contributed by atoms with van der Waals surface area (Å²) in [7, 11) is 0. The van der Waals surface area contributed by atoms with Crippen LogP contribution in [-0.4, -0.2) is 4.57 Å². The minimum Gasteiger partial charge on any atom is -0.384 e. The van der Waals surface area contributed by atoms with Gasteiger partial charge < -0.3 is 5.73 Å². The van der Waals surface area contributed by atoms with Crippen LogP contribution < -0.4 is 5.73 Å². The van der Waals surface area contributed by atoms with Crippen molar-refractivity contribution in [3.8, 4) is 11.8 Å². The molecular formula is C15H17N3. The normalized spacial score (nSPS) is 10.4. The molecule has 0 aliphatic carbocycles. The van der Waals surface area contributed by atoms with Gasteiger partial charge in [-0.15, -0.1) is 0 Å². The van der Waals surface area contributed by atoms with Crippen LogP contribution in [0.25, 0.3) is 5.69 Å². The third-order valence-electron chi connectivity index (χ3n) is 3.53. The van der Waals surface area contributed by atoms with E-state index in [1.807, 2.05) is 24.5 Å². The summed E-state index contributed by atoms with van der Waals surface area (Å²) in [5, 5.41) is 9.18. The third-order valence-corrected chi connectivity index (χ3v) is 3.53. The van der Waals surface area contributed by atoms with Gasteiger partial charge in [0.2, 0.25) is 0 Å². The number of rotatable bonds is 1. The number of hydrogen-bond acceptors (Lipinski definition) is 2. The Bertz CT molecular complexity index is 637. The molecule has 0 spiro atoms. The molecule has 1 aromatic carbocycles. The van der Waals surface area contributed by atoms with Gasteiger partial charge in [0.25, 0.3) is 0 Å². The van der Waals surface area contributed by atoms with Gasteiger partial charge in [0.15, 0.2) is 0 Å². The van der Waals surface area contributed by atoms with Crippen LogP contribution in [0.5, 0.6) is 0 Å². The SMILES string of the molecule is Cc1cccc(C)c1-n1c(C)c(C)c(C#N)c1N. The van der Waals surface area contributed by atoms with Crippen molar-refractivity contribution in [1.82, 2.24) is 4.57 Å². The van der Waals surface area contributed by atoms with Crippen molar-refractivity contribution in [2.75, 3.05) is 5.73 Å². The van der Waals surface area contributed by atoms with Gasteiger partial charge in [0.05, 0.1) is 11.3 Å². The number of nitrogens with two attached hydrogens (primary N) is 1. The first-order valence-corrected chi connectivity index (χ1v) is 5.93. The fourth-order valence-corrected chi connectivity index (χ4v) is 2.42. The van der Waals surface area contributed by atoms with E-state index >= 15 is 0 Å². The summed E-state index contributed by atoms with van der Waals surface area (Å²) in [6.45, 7) is 8.05. The van der Waals surface area contributed by atoms with Gasteiger partial charge in [-0.3, -0.25) is 4.57 Å². The van der Waals surface area contributed by atoms with Gasteiger partial charge in [-0.05, 0) is 44.4 Å². The van der Waals surface area contributed by atoms with E-state index < -0.39 is 0 Å². The van der Waals surface area contributed by atoms with Crippen LogP contribution in [0, 0.1) is 39.0 Å². The van der Waals surface area contributed by atoms with Gasteiger partial charge in [-0.25, -0.2) is 0 Å². The lowest BCUT2D eigenvalue weighted by Crippen LogP contribution is -2.06. The van der Waals surface area contributed by atoms with Gasteiger partial charge in [0.1, 0.15) is 11.9 Å². The van der Waals surface area contributed by atoms with E-state index in [-0.39, 0.29) is 0 Å². The Morgan fingerprint density at radius 1 is 1.11 bits per heavy atom. The Hall–Kier alpha value is -2.21. The number of aryl methyl sites for hydroxylation is 2. The zero-order valence-corrected chi connectivity index (χ0v) is 11.2. The second-order valence-corrected chi connectivity index (χ2v) is 4.66. The van der Waals surface area contributed by atoms with E-state index in [1.165, 1.54) is 0 Å². The molecule has 2 N–H and O–H groups in total. The zero-order chi connectivity index (χ0) is 13.4. The summed E-state index contributed by atoms with van der Waals surface area (Å²) in [4.78, 5) is 0. The lowest BCUT2D eigenvalue weighted by atomic mass is 10.1. The predicted octanol–water partition coefficient (Wildman–Crippen LogP) is 3.16. The Morgan fingerprint density at radius 2 is 1.67 bits per heavy atom.